The molecule has 0 radical (unpaired) electrons. The van der Waals surface area contributed by atoms with Crippen LogP contribution in [0.5, 0.6) is 0 Å². The number of hydrogen-bond acceptors (Lipinski definition) is 2. The summed E-state index contributed by atoms with van der Waals surface area (Å²) < 4.78 is 13.5. The highest BCUT2D eigenvalue weighted by molar-refractivity contribution is 5.87. The van der Waals surface area contributed by atoms with Gasteiger partial charge in [0.1, 0.15) is 12.2 Å². The highest BCUT2D eigenvalue weighted by Crippen LogP contribution is 2.31. The number of nitrogens with zero attached hydrogens (tertiary/aromatic N) is 1. The van der Waals surface area contributed by atoms with Gasteiger partial charge in [-0.3, -0.25) is 4.79 Å². The summed E-state index contributed by atoms with van der Waals surface area (Å²) in [7, 11) is 0. The van der Waals surface area contributed by atoms with Crippen LogP contribution in [0.15, 0.2) is 0 Å². The van der Waals surface area contributed by atoms with E-state index in [1.807, 2.05) is 0 Å². The first-order chi connectivity index (χ1) is 7.16. The van der Waals surface area contributed by atoms with Gasteiger partial charge in [0.05, 0.1) is 6.54 Å². The molecule has 1 N–H and O–H groups in total. The van der Waals surface area contributed by atoms with Crippen LogP contribution in [0, 0.1) is 11.3 Å². The lowest BCUT2D eigenvalue weighted by molar-refractivity contribution is -0.152. The minimum absolute atomic E-state index is 0.117. The third-order valence-electron chi connectivity index (χ3n) is 2.93. The number of carboxylic acids is 1. The number of rotatable bonds is 1. The van der Waals surface area contributed by atoms with Gasteiger partial charge in [0, 0.05) is 11.3 Å². The lowest BCUT2D eigenvalue weighted by Gasteiger charge is -2.29. The number of alkyl halides is 1. The summed E-state index contributed by atoms with van der Waals surface area (Å²) in [5, 5.41) is 9.03. The molecular formula is C11H18FNO3. The van der Waals surface area contributed by atoms with E-state index in [-0.39, 0.29) is 12.5 Å². The normalized spacial score (nSPS) is 30.6. The summed E-state index contributed by atoms with van der Waals surface area (Å²) in [5.41, 5.74) is -0.683. The highest BCUT2D eigenvalue weighted by atomic mass is 19.1. The largest absolute Gasteiger partial charge is 0.480 e. The molecule has 1 fully saturated rings. The predicted molar refractivity (Wildman–Crippen MR) is 56.7 cm³/mol. The van der Waals surface area contributed by atoms with Crippen LogP contribution in [0.3, 0.4) is 0 Å². The number of likely N-dealkylation sites (tertiary alicyclic amines) is 1. The van der Waals surface area contributed by atoms with Crippen molar-refractivity contribution < 1.29 is 19.1 Å². The molecule has 0 aromatic heterocycles. The molecule has 0 aromatic carbocycles. The first-order valence-corrected chi connectivity index (χ1v) is 5.34. The number of carbonyl (C=O) groups is 2. The van der Waals surface area contributed by atoms with Crippen LogP contribution in [0.2, 0.25) is 0 Å². The van der Waals surface area contributed by atoms with Crippen molar-refractivity contribution in [1.29, 1.82) is 0 Å². The van der Waals surface area contributed by atoms with E-state index in [0.29, 0.717) is 0 Å². The van der Waals surface area contributed by atoms with Gasteiger partial charge in [-0.15, -0.1) is 0 Å². The van der Waals surface area contributed by atoms with Crippen molar-refractivity contribution in [3.63, 3.8) is 0 Å². The van der Waals surface area contributed by atoms with Crippen LogP contribution in [0.25, 0.3) is 0 Å². The minimum atomic E-state index is -1.26. The number of amides is 1. The Morgan fingerprint density at radius 2 is 1.88 bits per heavy atom. The number of hydrogen-bond donors (Lipinski definition) is 1. The number of carboxylic acid groups (broad SMARTS) is 1. The maximum absolute atomic E-state index is 13.5. The topological polar surface area (TPSA) is 57.6 Å². The summed E-state index contributed by atoms with van der Waals surface area (Å²) in [4.78, 5) is 24.2. The molecule has 1 amide bonds. The van der Waals surface area contributed by atoms with Crippen LogP contribution < -0.4 is 0 Å². The van der Waals surface area contributed by atoms with Gasteiger partial charge in [0.15, 0.2) is 0 Å². The molecule has 0 aromatic rings. The monoisotopic (exact) mass is 231 g/mol. The predicted octanol–water partition coefficient (Wildman–Crippen LogP) is 1.30. The van der Waals surface area contributed by atoms with Gasteiger partial charge >= 0.3 is 5.97 Å². The Morgan fingerprint density at radius 1 is 1.38 bits per heavy atom. The van der Waals surface area contributed by atoms with E-state index in [9.17, 15) is 14.0 Å². The molecule has 1 unspecified atom stereocenters. The molecule has 5 heteroatoms. The molecule has 1 heterocycles. The molecule has 1 saturated heterocycles. The zero-order chi connectivity index (χ0) is 12.7. The average molecular weight is 231 g/mol. The van der Waals surface area contributed by atoms with Crippen molar-refractivity contribution >= 4 is 11.9 Å². The lowest BCUT2D eigenvalue weighted by Crippen LogP contribution is -2.47. The van der Waals surface area contributed by atoms with Crippen molar-refractivity contribution in [2.75, 3.05) is 6.54 Å². The molecule has 0 spiro atoms. The van der Waals surface area contributed by atoms with Crippen LogP contribution in [0.4, 0.5) is 4.39 Å². The highest BCUT2D eigenvalue weighted by Gasteiger charge is 2.47. The Labute approximate surface area is 94.4 Å². The zero-order valence-electron chi connectivity index (χ0n) is 10.0. The molecular weight excluding hydrogens is 213 g/mol. The first kappa shape index (κ1) is 12.9. The van der Waals surface area contributed by atoms with Crippen LogP contribution >= 0.6 is 0 Å². The summed E-state index contributed by atoms with van der Waals surface area (Å²) >= 11 is 0. The third-order valence-corrected chi connectivity index (χ3v) is 2.93. The molecule has 4 nitrogen and oxygen atoms in total. The van der Waals surface area contributed by atoms with E-state index in [4.69, 9.17) is 5.11 Å². The summed E-state index contributed by atoms with van der Waals surface area (Å²) in [6.45, 7) is 6.51. The fourth-order valence-electron chi connectivity index (χ4n) is 1.95. The molecule has 3 atom stereocenters. The Bertz CT molecular complexity index is 311. The Hall–Kier alpha value is -1.13. The first-order valence-electron chi connectivity index (χ1n) is 5.34. The molecule has 1 aliphatic heterocycles. The van der Waals surface area contributed by atoms with Gasteiger partial charge in [-0.1, -0.05) is 27.7 Å². The maximum atomic E-state index is 13.5. The third kappa shape index (κ3) is 2.18. The molecule has 1 aliphatic rings. The van der Waals surface area contributed by atoms with E-state index in [2.05, 4.69) is 0 Å². The number of aliphatic carboxylic acids is 1. The molecule has 16 heavy (non-hydrogen) atoms. The second-order valence-corrected chi connectivity index (χ2v) is 5.37. The van der Waals surface area contributed by atoms with Crippen LogP contribution in [-0.2, 0) is 9.59 Å². The van der Waals surface area contributed by atoms with Crippen molar-refractivity contribution in [2.24, 2.45) is 11.3 Å². The van der Waals surface area contributed by atoms with Crippen molar-refractivity contribution in [1.82, 2.24) is 4.90 Å². The Kier molecular flexibility index (Phi) is 3.26. The fourth-order valence-corrected chi connectivity index (χ4v) is 1.95. The fraction of sp³-hybridized carbons (Fsp3) is 0.818. The quantitative estimate of drug-likeness (QED) is 0.740. The summed E-state index contributed by atoms with van der Waals surface area (Å²) in [5.74, 6) is -2.10. The van der Waals surface area contributed by atoms with E-state index < -0.39 is 29.5 Å². The zero-order valence-corrected chi connectivity index (χ0v) is 10.0. The van der Waals surface area contributed by atoms with Crippen molar-refractivity contribution in [3.05, 3.63) is 0 Å². The van der Waals surface area contributed by atoms with Gasteiger partial charge in [0.25, 0.3) is 0 Å². The Balaban J connectivity index is 2.96. The molecule has 92 valence electrons. The molecule has 0 saturated carbocycles. The number of halogens is 1. The smallest absolute Gasteiger partial charge is 0.326 e. The molecule has 1 rings (SSSR count). The van der Waals surface area contributed by atoms with Gasteiger partial charge in [0.2, 0.25) is 5.91 Å². The van der Waals surface area contributed by atoms with E-state index in [0.717, 1.165) is 4.90 Å². The van der Waals surface area contributed by atoms with Gasteiger partial charge in [-0.05, 0) is 0 Å². The van der Waals surface area contributed by atoms with Gasteiger partial charge < -0.3 is 10.0 Å². The number of carbonyl (C=O) groups excluding carboxylic acids is 1. The second kappa shape index (κ2) is 4.03. The van der Waals surface area contributed by atoms with Crippen molar-refractivity contribution in [3.8, 4) is 0 Å². The Morgan fingerprint density at radius 3 is 2.25 bits per heavy atom. The summed E-state index contributed by atoms with van der Waals surface area (Å²) in [6.07, 6.45) is -1.26. The van der Waals surface area contributed by atoms with E-state index >= 15 is 0 Å². The maximum Gasteiger partial charge on any atom is 0.326 e. The van der Waals surface area contributed by atoms with Gasteiger partial charge in [-0.25, -0.2) is 9.18 Å². The van der Waals surface area contributed by atoms with Gasteiger partial charge in [-0.2, -0.15) is 0 Å². The minimum Gasteiger partial charge on any atom is -0.480 e. The molecule has 0 aliphatic carbocycles. The van der Waals surface area contributed by atoms with E-state index in [1.165, 1.54) is 6.92 Å². The second-order valence-electron chi connectivity index (χ2n) is 5.37. The van der Waals surface area contributed by atoms with Crippen molar-refractivity contribution in [2.45, 2.75) is 39.9 Å². The standard InChI is InChI=1S/C11H18FNO3/c1-6-7(12)5-13(8(6)9(14)15)10(16)11(2,3)4/h6-8H,5H2,1-4H3,(H,14,15)/t6?,7-,8-/m0/s1. The summed E-state index contributed by atoms with van der Waals surface area (Å²) in [6, 6.07) is -1.04. The molecule has 0 bridgehead atoms. The lowest BCUT2D eigenvalue weighted by atomic mass is 9.93. The SMILES string of the molecule is CC1[C@@H](C(=O)O)N(C(=O)C(C)(C)C)C[C@@H]1F. The van der Waals surface area contributed by atoms with Crippen LogP contribution in [-0.4, -0.2) is 40.6 Å². The average Bonchev–Trinajstić information content (AvgIpc) is 2.40. The van der Waals surface area contributed by atoms with E-state index in [1.54, 1.807) is 20.8 Å². The van der Waals surface area contributed by atoms with Crippen LogP contribution in [0.1, 0.15) is 27.7 Å².